The number of hydrogen-bond acceptors (Lipinski definition) is 8. The lowest BCUT2D eigenvalue weighted by Crippen LogP contribution is -2.45. The molecular formula is C22H26F2N8O2. The van der Waals surface area contributed by atoms with Crippen molar-refractivity contribution in [2.75, 3.05) is 49.2 Å². The number of para-hydroxylation sites is 2. The molecule has 2 saturated heterocycles. The SMILES string of the molecule is CC(=O)NC1CCN(c2nc(N3CCOCC3)nc(-n3c(C(F)F)nc4ccccc43)n2)CC1. The lowest BCUT2D eigenvalue weighted by molar-refractivity contribution is -0.119. The molecule has 2 aliphatic rings. The lowest BCUT2D eigenvalue weighted by atomic mass is 10.1. The van der Waals surface area contributed by atoms with Gasteiger partial charge in [0.1, 0.15) is 0 Å². The first-order valence-corrected chi connectivity index (χ1v) is 11.4. The first-order chi connectivity index (χ1) is 16.5. The number of benzene rings is 1. The van der Waals surface area contributed by atoms with Crippen LogP contribution in [0.25, 0.3) is 17.0 Å². The van der Waals surface area contributed by atoms with Gasteiger partial charge >= 0.3 is 0 Å². The summed E-state index contributed by atoms with van der Waals surface area (Å²) in [6.07, 6.45) is -1.32. The Morgan fingerprint density at radius 3 is 2.24 bits per heavy atom. The van der Waals surface area contributed by atoms with Gasteiger partial charge in [-0.2, -0.15) is 15.0 Å². The van der Waals surface area contributed by atoms with Crippen LogP contribution in [0.4, 0.5) is 20.7 Å². The van der Waals surface area contributed by atoms with E-state index in [2.05, 4.69) is 20.3 Å². The summed E-state index contributed by atoms with van der Waals surface area (Å²) in [6.45, 7) is 5.03. The number of anilines is 2. The first-order valence-electron chi connectivity index (χ1n) is 11.4. The number of rotatable bonds is 5. The second kappa shape index (κ2) is 9.45. The van der Waals surface area contributed by atoms with Crippen molar-refractivity contribution < 1.29 is 18.3 Å². The fourth-order valence-corrected chi connectivity index (χ4v) is 4.40. The molecule has 0 radical (unpaired) electrons. The van der Waals surface area contributed by atoms with Gasteiger partial charge in [0, 0.05) is 39.1 Å². The number of carbonyl (C=O) groups is 1. The highest BCUT2D eigenvalue weighted by atomic mass is 19.3. The summed E-state index contributed by atoms with van der Waals surface area (Å²) in [5, 5.41) is 2.95. The molecule has 5 rings (SSSR count). The highest BCUT2D eigenvalue weighted by Crippen LogP contribution is 2.28. The molecule has 1 amide bonds. The second-order valence-electron chi connectivity index (χ2n) is 8.39. The van der Waals surface area contributed by atoms with Gasteiger partial charge in [0.2, 0.25) is 23.8 Å². The number of morpholine rings is 1. The van der Waals surface area contributed by atoms with Crippen molar-refractivity contribution >= 4 is 28.8 Å². The number of halogens is 2. The first kappa shape index (κ1) is 22.4. The van der Waals surface area contributed by atoms with Crippen LogP contribution in [0.1, 0.15) is 32.0 Å². The number of hydrogen-bond donors (Lipinski definition) is 1. The molecule has 34 heavy (non-hydrogen) atoms. The van der Waals surface area contributed by atoms with Crippen molar-refractivity contribution in [3.63, 3.8) is 0 Å². The third-order valence-corrected chi connectivity index (χ3v) is 6.06. The van der Waals surface area contributed by atoms with E-state index in [9.17, 15) is 13.6 Å². The van der Waals surface area contributed by atoms with Gasteiger partial charge in [0.05, 0.1) is 24.2 Å². The summed E-state index contributed by atoms with van der Waals surface area (Å²) in [4.78, 5) is 33.4. The van der Waals surface area contributed by atoms with Crippen LogP contribution < -0.4 is 15.1 Å². The number of imidazole rings is 1. The Bertz CT molecular complexity index is 1170. The van der Waals surface area contributed by atoms with E-state index in [1.165, 1.54) is 11.5 Å². The standard InChI is InChI=1S/C22H26F2N8O2/c1-14(33)25-15-6-8-30(9-7-15)20-27-21(31-10-12-34-13-11-31)29-22(28-20)32-17-5-3-2-4-16(17)26-19(32)18(23)24/h2-5,15,18H,6-13H2,1H3,(H,25,33). The third-order valence-electron chi connectivity index (χ3n) is 6.06. The van der Waals surface area contributed by atoms with Crippen molar-refractivity contribution in [1.82, 2.24) is 29.8 Å². The number of ether oxygens (including phenoxy) is 1. The summed E-state index contributed by atoms with van der Waals surface area (Å²) in [6, 6.07) is 7.04. The molecule has 12 heteroatoms. The van der Waals surface area contributed by atoms with E-state index in [0.29, 0.717) is 62.3 Å². The molecule has 180 valence electrons. The molecule has 0 atom stereocenters. The number of nitrogens with one attached hydrogen (secondary N) is 1. The van der Waals surface area contributed by atoms with E-state index >= 15 is 0 Å². The number of alkyl halides is 2. The molecule has 2 aromatic heterocycles. The predicted octanol–water partition coefficient (Wildman–Crippen LogP) is 2.09. The van der Waals surface area contributed by atoms with Crippen molar-refractivity contribution in [1.29, 1.82) is 0 Å². The molecule has 0 aliphatic carbocycles. The lowest BCUT2D eigenvalue weighted by Gasteiger charge is -2.33. The Balaban J connectivity index is 1.56. The van der Waals surface area contributed by atoms with Crippen LogP contribution in [0.2, 0.25) is 0 Å². The average Bonchev–Trinajstić information content (AvgIpc) is 3.25. The Hall–Kier alpha value is -3.41. The smallest absolute Gasteiger partial charge is 0.296 e. The van der Waals surface area contributed by atoms with Gasteiger partial charge in [0.15, 0.2) is 5.82 Å². The van der Waals surface area contributed by atoms with E-state index in [-0.39, 0.29) is 17.9 Å². The highest BCUT2D eigenvalue weighted by Gasteiger charge is 2.27. The zero-order valence-electron chi connectivity index (χ0n) is 18.8. The molecule has 1 aromatic carbocycles. The summed E-state index contributed by atoms with van der Waals surface area (Å²) in [7, 11) is 0. The fraction of sp³-hybridized carbons (Fsp3) is 0.500. The summed E-state index contributed by atoms with van der Waals surface area (Å²) in [5.74, 6) is 0.494. The Kier molecular flexibility index (Phi) is 6.22. The zero-order chi connectivity index (χ0) is 23.7. The third kappa shape index (κ3) is 4.49. The maximum absolute atomic E-state index is 14.0. The Morgan fingerprint density at radius 2 is 1.59 bits per heavy atom. The van der Waals surface area contributed by atoms with Crippen LogP contribution in [-0.4, -0.2) is 75.8 Å². The normalized spacial score (nSPS) is 17.5. The number of piperidine rings is 1. The van der Waals surface area contributed by atoms with Gasteiger partial charge in [-0.25, -0.2) is 13.8 Å². The zero-order valence-corrected chi connectivity index (χ0v) is 18.8. The largest absolute Gasteiger partial charge is 0.378 e. The Labute approximate surface area is 195 Å². The molecule has 10 nitrogen and oxygen atoms in total. The van der Waals surface area contributed by atoms with E-state index in [4.69, 9.17) is 9.72 Å². The van der Waals surface area contributed by atoms with Crippen LogP contribution in [0.15, 0.2) is 24.3 Å². The predicted molar refractivity (Wildman–Crippen MR) is 121 cm³/mol. The number of carbonyl (C=O) groups excluding carboxylic acids is 1. The van der Waals surface area contributed by atoms with Crippen LogP contribution in [-0.2, 0) is 9.53 Å². The fourth-order valence-electron chi connectivity index (χ4n) is 4.40. The van der Waals surface area contributed by atoms with E-state index in [1.807, 2.05) is 9.80 Å². The van der Waals surface area contributed by atoms with Crippen molar-refractivity contribution in [3.8, 4) is 5.95 Å². The van der Waals surface area contributed by atoms with Gasteiger partial charge in [-0.05, 0) is 25.0 Å². The van der Waals surface area contributed by atoms with Crippen LogP contribution in [0.3, 0.4) is 0 Å². The van der Waals surface area contributed by atoms with Gasteiger partial charge < -0.3 is 19.9 Å². The van der Waals surface area contributed by atoms with Gasteiger partial charge in [-0.15, -0.1) is 0 Å². The molecule has 2 fully saturated rings. The molecule has 0 unspecified atom stereocenters. The maximum atomic E-state index is 14.0. The Morgan fingerprint density at radius 1 is 0.971 bits per heavy atom. The molecule has 0 bridgehead atoms. The molecule has 0 spiro atoms. The molecule has 1 N–H and O–H groups in total. The minimum Gasteiger partial charge on any atom is -0.378 e. The van der Waals surface area contributed by atoms with E-state index in [1.54, 1.807) is 24.3 Å². The van der Waals surface area contributed by atoms with E-state index in [0.717, 1.165) is 12.8 Å². The molecule has 4 heterocycles. The second-order valence-corrected chi connectivity index (χ2v) is 8.39. The van der Waals surface area contributed by atoms with Crippen molar-refractivity contribution in [2.45, 2.75) is 32.2 Å². The maximum Gasteiger partial charge on any atom is 0.296 e. The molecular weight excluding hydrogens is 446 g/mol. The van der Waals surface area contributed by atoms with Crippen LogP contribution in [0.5, 0.6) is 0 Å². The minimum absolute atomic E-state index is 0.0537. The topological polar surface area (TPSA) is 101 Å². The van der Waals surface area contributed by atoms with Crippen LogP contribution >= 0.6 is 0 Å². The van der Waals surface area contributed by atoms with Crippen LogP contribution in [0, 0.1) is 0 Å². The molecule has 0 saturated carbocycles. The van der Waals surface area contributed by atoms with Crippen molar-refractivity contribution in [2.24, 2.45) is 0 Å². The van der Waals surface area contributed by atoms with Gasteiger partial charge in [-0.3, -0.25) is 9.36 Å². The quantitative estimate of drug-likeness (QED) is 0.603. The summed E-state index contributed by atoms with van der Waals surface area (Å²) < 4.78 is 34.7. The number of amides is 1. The molecule has 3 aromatic rings. The minimum atomic E-state index is -2.80. The summed E-state index contributed by atoms with van der Waals surface area (Å²) >= 11 is 0. The number of aromatic nitrogens is 5. The average molecular weight is 473 g/mol. The number of nitrogens with zero attached hydrogens (tertiary/aromatic N) is 7. The monoisotopic (exact) mass is 472 g/mol. The highest BCUT2D eigenvalue weighted by molar-refractivity contribution is 5.77. The van der Waals surface area contributed by atoms with Gasteiger partial charge in [0.25, 0.3) is 6.43 Å². The van der Waals surface area contributed by atoms with E-state index < -0.39 is 12.2 Å². The summed E-state index contributed by atoms with van der Waals surface area (Å²) in [5.41, 5.74) is 0.955. The number of fused-ring (bicyclic) bond motifs is 1. The van der Waals surface area contributed by atoms with Gasteiger partial charge in [-0.1, -0.05) is 12.1 Å². The molecule has 2 aliphatic heterocycles. The van der Waals surface area contributed by atoms with Crippen molar-refractivity contribution in [3.05, 3.63) is 30.1 Å².